The van der Waals surface area contributed by atoms with Gasteiger partial charge in [-0.05, 0) is 43.5 Å². The zero-order chi connectivity index (χ0) is 14.0. The van der Waals surface area contributed by atoms with Gasteiger partial charge in [0.15, 0.2) is 0 Å². The molecule has 0 aromatic heterocycles. The predicted molar refractivity (Wildman–Crippen MR) is 71.2 cm³/mol. The Morgan fingerprint density at radius 2 is 2.11 bits per heavy atom. The quantitative estimate of drug-likeness (QED) is 0.662. The summed E-state index contributed by atoms with van der Waals surface area (Å²) in [4.78, 5) is 23.9. The van der Waals surface area contributed by atoms with Crippen molar-refractivity contribution in [1.29, 1.82) is 5.26 Å². The van der Waals surface area contributed by atoms with E-state index in [1.54, 1.807) is 30.3 Å². The van der Waals surface area contributed by atoms with Gasteiger partial charge in [-0.15, -0.1) is 6.58 Å². The van der Waals surface area contributed by atoms with Crippen molar-refractivity contribution in [2.45, 2.75) is 13.3 Å². The van der Waals surface area contributed by atoms with E-state index in [1.807, 2.05) is 6.07 Å². The first-order valence-corrected chi connectivity index (χ1v) is 6.00. The molecule has 4 nitrogen and oxygen atoms in total. The molecule has 0 bridgehead atoms. The highest BCUT2D eigenvalue weighted by molar-refractivity contribution is 6.13. The van der Waals surface area contributed by atoms with E-state index in [2.05, 4.69) is 11.9 Å². The molecule has 1 aliphatic carbocycles. The van der Waals surface area contributed by atoms with Gasteiger partial charge in [-0.25, -0.2) is 0 Å². The van der Waals surface area contributed by atoms with Gasteiger partial charge in [-0.2, -0.15) is 5.26 Å². The molecule has 1 saturated carbocycles. The van der Waals surface area contributed by atoms with Gasteiger partial charge in [0.25, 0.3) is 0 Å². The van der Waals surface area contributed by atoms with Crippen LogP contribution in [0.2, 0.25) is 0 Å². The second-order valence-electron chi connectivity index (χ2n) is 4.72. The van der Waals surface area contributed by atoms with E-state index in [9.17, 15) is 9.59 Å². The monoisotopic (exact) mass is 254 g/mol. The molecule has 1 aromatic rings. The van der Waals surface area contributed by atoms with Gasteiger partial charge >= 0.3 is 0 Å². The van der Waals surface area contributed by atoms with Crippen molar-refractivity contribution in [3.8, 4) is 6.07 Å². The molecule has 1 N–H and O–H groups in total. The molecule has 1 aliphatic rings. The van der Waals surface area contributed by atoms with Crippen LogP contribution in [0.5, 0.6) is 0 Å². The number of anilines is 1. The number of nitrogens with zero attached hydrogens (tertiary/aromatic N) is 1. The van der Waals surface area contributed by atoms with Crippen LogP contribution in [-0.4, -0.2) is 11.7 Å². The molecule has 1 amide bonds. The summed E-state index contributed by atoms with van der Waals surface area (Å²) < 4.78 is 0. The fraction of sp³-hybridized carbons (Fsp3) is 0.267. The minimum Gasteiger partial charge on any atom is -0.325 e. The maximum absolute atomic E-state index is 12.2. The van der Waals surface area contributed by atoms with Gasteiger partial charge in [0.1, 0.15) is 11.2 Å². The highest BCUT2D eigenvalue weighted by Gasteiger charge is 2.62. The van der Waals surface area contributed by atoms with Crippen LogP contribution in [0.15, 0.2) is 36.9 Å². The number of hydrogen-bond acceptors (Lipinski definition) is 3. The van der Waals surface area contributed by atoms with Gasteiger partial charge in [0.05, 0.1) is 11.6 Å². The molecule has 19 heavy (non-hydrogen) atoms. The summed E-state index contributed by atoms with van der Waals surface area (Å²) in [5.74, 6) is -0.512. The number of amides is 1. The van der Waals surface area contributed by atoms with E-state index in [4.69, 9.17) is 5.26 Å². The molecule has 0 saturated heterocycles. The lowest BCUT2D eigenvalue weighted by molar-refractivity contribution is -0.132. The van der Waals surface area contributed by atoms with Gasteiger partial charge in [-0.3, -0.25) is 9.59 Å². The Balaban J connectivity index is 2.15. The number of carbonyl (C=O) groups excluding carboxylic acids is 2. The number of hydrogen-bond donors (Lipinski definition) is 1. The Morgan fingerprint density at radius 1 is 1.47 bits per heavy atom. The lowest BCUT2D eigenvalue weighted by atomic mass is 9.97. The molecule has 96 valence electrons. The Kier molecular flexibility index (Phi) is 3.22. The van der Waals surface area contributed by atoms with E-state index >= 15 is 0 Å². The summed E-state index contributed by atoms with van der Waals surface area (Å²) in [7, 11) is 0. The second kappa shape index (κ2) is 4.69. The zero-order valence-corrected chi connectivity index (χ0v) is 10.6. The van der Waals surface area contributed by atoms with Gasteiger partial charge < -0.3 is 5.32 Å². The predicted octanol–water partition coefficient (Wildman–Crippen LogP) is 2.28. The standard InChI is InChI=1S/C15H14N2O2/c1-3-12-8-15(12,10(2)18)14(19)17-13-6-4-11(9-16)5-7-13/h3-7,12H,1,8H2,2H3,(H,17,19). The van der Waals surface area contributed by atoms with Crippen molar-refractivity contribution in [2.75, 3.05) is 5.32 Å². The van der Waals surface area contributed by atoms with Crippen molar-refractivity contribution < 1.29 is 9.59 Å². The van der Waals surface area contributed by atoms with E-state index in [1.165, 1.54) is 6.92 Å². The highest BCUT2D eigenvalue weighted by Crippen LogP contribution is 2.54. The number of benzene rings is 1. The number of nitrogens with one attached hydrogen (secondary N) is 1. The van der Waals surface area contributed by atoms with Gasteiger partial charge in [0.2, 0.25) is 5.91 Å². The summed E-state index contributed by atoms with van der Waals surface area (Å²) >= 11 is 0. The molecular weight excluding hydrogens is 240 g/mol. The fourth-order valence-electron chi connectivity index (χ4n) is 2.27. The van der Waals surface area contributed by atoms with Crippen molar-refractivity contribution in [2.24, 2.45) is 11.3 Å². The summed E-state index contributed by atoms with van der Waals surface area (Å²) in [5, 5.41) is 11.4. The lowest BCUT2D eigenvalue weighted by Gasteiger charge is -2.13. The van der Waals surface area contributed by atoms with E-state index in [0.29, 0.717) is 17.7 Å². The average molecular weight is 254 g/mol. The van der Waals surface area contributed by atoms with Crippen LogP contribution in [0.25, 0.3) is 0 Å². The highest BCUT2D eigenvalue weighted by atomic mass is 16.2. The fourth-order valence-corrected chi connectivity index (χ4v) is 2.27. The summed E-state index contributed by atoms with van der Waals surface area (Å²) in [6.07, 6.45) is 2.17. The van der Waals surface area contributed by atoms with Crippen LogP contribution in [0.4, 0.5) is 5.69 Å². The van der Waals surface area contributed by atoms with E-state index in [-0.39, 0.29) is 17.6 Å². The molecule has 2 unspecified atom stereocenters. The molecule has 1 fully saturated rings. The number of Topliss-reactive ketones (excluding diaryl/α,β-unsaturated/α-hetero) is 1. The Labute approximate surface area is 111 Å². The van der Waals surface area contributed by atoms with Crippen LogP contribution < -0.4 is 5.32 Å². The number of ketones is 1. The average Bonchev–Trinajstić information content (AvgIpc) is 3.15. The normalized spacial score (nSPS) is 24.1. The third kappa shape index (κ3) is 2.15. The number of allylic oxidation sites excluding steroid dienone is 1. The summed E-state index contributed by atoms with van der Waals surface area (Å²) in [6, 6.07) is 8.54. The Hall–Kier alpha value is -2.41. The minimum atomic E-state index is -0.949. The van der Waals surface area contributed by atoms with Gasteiger partial charge in [0, 0.05) is 5.69 Å². The number of rotatable bonds is 4. The SMILES string of the molecule is C=CC1CC1(C(C)=O)C(=O)Nc1ccc(C#N)cc1. The maximum atomic E-state index is 12.2. The van der Waals surface area contributed by atoms with Crippen molar-refractivity contribution in [3.63, 3.8) is 0 Å². The van der Waals surface area contributed by atoms with Gasteiger partial charge in [-0.1, -0.05) is 6.08 Å². The number of carbonyl (C=O) groups is 2. The summed E-state index contributed by atoms with van der Waals surface area (Å²) in [5.41, 5.74) is 0.157. The lowest BCUT2D eigenvalue weighted by Crippen LogP contribution is -2.31. The third-order valence-electron chi connectivity index (χ3n) is 3.60. The summed E-state index contributed by atoms with van der Waals surface area (Å²) in [6.45, 7) is 5.08. The van der Waals surface area contributed by atoms with Crippen LogP contribution in [0, 0.1) is 22.7 Å². The molecule has 0 heterocycles. The molecule has 0 spiro atoms. The molecule has 0 aliphatic heterocycles. The Morgan fingerprint density at radius 3 is 2.53 bits per heavy atom. The molecule has 0 radical (unpaired) electrons. The van der Waals surface area contributed by atoms with Crippen LogP contribution >= 0.6 is 0 Å². The first-order chi connectivity index (χ1) is 9.04. The first-order valence-electron chi connectivity index (χ1n) is 6.00. The largest absolute Gasteiger partial charge is 0.325 e. The third-order valence-corrected chi connectivity index (χ3v) is 3.60. The minimum absolute atomic E-state index is 0.0802. The molecule has 2 atom stereocenters. The molecule has 4 heteroatoms. The topological polar surface area (TPSA) is 70.0 Å². The molecule has 1 aromatic carbocycles. The van der Waals surface area contributed by atoms with Crippen LogP contribution in [0.1, 0.15) is 18.9 Å². The Bertz CT molecular complexity index is 583. The van der Waals surface area contributed by atoms with Crippen molar-refractivity contribution in [3.05, 3.63) is 42.5 Å². The zero-order valence-electron chi connectivity index (χ0n) is 10.6. The van der Waals surface area contributed by atoms with E-state index < -0.39 is 5.41 Å². The van der Waals surface area contributed by atoms with E-state index in [0.717, 1.165) is 0 Å². The number of nitriles is 1. The molecule has 2 rings (SSSR count). The van der Waals surface area contributed by atoms with Crippen molar-refractivity contribution in [1.82, 2.24) is 0 Å². The van der Waals surface area contributed by atoms with Crippen molar-refractivity contribution >= 4 is 17.4 Å². The molecular formula is C15H14N2O2. The first kappa shape index (κ1) is 13.0. The van der Waals surface area contributed by atoms with Crippen LogP contribution in [0.3, 0.4) is 0 Å². The van der Waals surface area contributed by atoms with Crippen LogP contribution in [-0.2, 0) is 9.59 Å². The maximum Gasteiger partial charge on any atom is 0.238 e. The smallest absolute Gasteiger partial charge is 0.238 e. The second-order valence-corrected chi connectivity index (χ2v) is 4.72.